The number of carbonyl (C=O) groups excluding carboxylic acids is 2. The quantitative estimate of drug-likeness (QED) is 0.676. The van der Waals surface area contributed by atoms with E-state index in [1.54, 1.807) is 18.2 Å². The van der Waals surface area contributed by atoms with Gasteiger partial charge in [-0.3, -0.25) is 14.7 Å². The summed E-state index contributed by atoms with van der Waals surface area (Å²) < 4.78 is 5.25. The minimum Gasteiger partial charge on any atom is -0.494 e. The highest BCUT2D eigenvalue weighted by Crippen LogP contribution is 2.28. The Morgan fingerprint density at radius 3 is 2.88 bits per heavy atom. The molecule has 3 rings (SSSR count). The Morgan fingerprint density at radius 1 is 1.29 bits per heavy atom. The molecule has 2 amide bonds. The summed E-state index contributed by atoms with van der Waals surface area (Å²) in [6, 6.07) is 5.03. The van der Waals surface area contributed by atoms with Gasteiger partial charge in [0.25, 0.3) is 5.91 Å². The molecule has 8 nitrogen and oxygen atoms in total. The number of H-pyrrole nitrogens is 1. The molecule has 0 atom stereocenters. The first-order chi connectivity index (χ1) is 11.6. The first kappa shape index (κ1) is 16.0. The highest BCUT2D eigenvalue weighted by Gasteiger charge is 2.21. The number of aromatic nitrogens is 2. The number of nitrogens with zero attached hydrogens (tertiary/aromatic N) is 1. The molecular weight excluding hydrogens is 310 g/mol. The minimum absolute atomic E-state index is 0.194. The maximum Gasteiger partial charge on any atom is 0.276 e. The molecule has 0 spiro atoms. The molecule has 1 aromatic carbocycles. The smallest absolute Gasteiger partial charge is 0.276 e. The van der Waals surface area contributed by atoms with E-state index in [4.69, 9.17) is 4.74 Å². The van der Waals surface area contributed by atoms with Crippen LogP contribution in [0.5, 0.6) is 5.75 Å². The Bertz CT molecular complexity index is 784. The highest BCUT2D eigenvalue weighted by molar-refractivity contribution is 6.04. The van der Waals surface area contributed by atoms with Crippen molar-refractivity contribution in [3.05, 3.63) is 35.2 Å². The molecule has 0 radical (unpaired) electrons. The van der Waals surface area contributed by atoms with Crippen LogP contribution in [0.2, 0.25) is 0 Å². The average molecular weight is 329 g/mol. The Balaban J connectivity index is 1.79. The van der Waals surface area contributed by atoms with E-state index >= 15 is 0 Å². The lowest BCUT2D eigenvalue weighted by molar-refractivity contribution is -0.114. The maximum atomic E-state index is 12.5. The van der Waals surface area contributed by atoms with E-state index in [-0.39, 0.29) is 11.8 Å². The second-order valence-electron chi connectivity index (χ2n) is 5.51. The zero-order valence-corrected chi connectivity index (χ0v) is 13.5. The molecule has 0 bridgehead atoms. The molecule has 8 heteroatoms. The fourth-order valence-corrected chi connectivity index (χ4v) is 2.67. The number of amides is 2. The van der Waals surface area contributed by atoms with Crippen molar-refractivity contribution in [1.29, 1.82) is 0 Å². The number of hydrogen-bond donors (Lipinski definition) is 4. The van der Waals surface area contributed by atoms with Gasteiger partial charge in [-0.15, -0.1) is 0 Å². The topological polar surface area (TPSA) is 108 Å². The van der Waals surface area contributed by atoms with Gasteiger partial charge in [-0.25, -0.2) is 0 Å². The monoisotopic (exact) mass is 329 g/mol. The van der Waals surface area contributed by atoms with Gasteiger partial charge in [0.1, 0.15) is 5.75 Å². The van der Waals surface area contributed by atoms with Crippen molar-refractivity contribution in [3.63, 3.8) is 0 Å². The summed E-state index contributed by atoms with van der Waals surface area (Å²) in [4.78, 5) is 23.7. The highest BCUT2D eigenvalue weighted by atomic mass is 16.5. The van der Waals surface area contributed by atoms with E-state index in [0.717, 1.165) is 24.2 Å². The second kappa shape index (κ2) is 6.71. The predicted octanol–water partition coefficient (Wildman–Crippen LogP) is 1.27. The number of methoxy groups -OCH3 is 1. The molecule has 1 aliphatic heterocycles. The molecule has 126 valence electrons. The molecule has 2 aromatic rings. The standard InChI is InChI=1S/C16H19N5O3/c1-9(22)18-13-4-3-10(7-14(13)24-2)19-16(23)15-11-8-17-6-5-12(11)20-21-15/h3-4,7,17H,5-6,8H2,1-2H3,(H,18,22)(H,19,23)(H,20,21). The summed E-state index contributed by atoms with van der Waals surface area (Å²) in [6.07, 6.45) is 0.828. The third kappa shape index (κ3) is 3.23. The van der Waals surface area contributed by atoms with Gasteiger partial charge in [-0.1, -0.05) is 0 Å². The third-order valence-electron chi connectivity index (χ3n) is 3.79. The van der Waals surface area contributed by atoms with Gasteiger partial charge in [-0.2, -0.15) is 5.10 Å². The van der Waals surface area contributed by atoms with Gasteiger partial charge in [0.05, 0.1) is 12.8 Å². The van der Waals surface area contributed by atoms with Gasteiger partial charge < -0.3 is 20.7 Å². The van der Waals surface area contributed by atoms with Crippen molar-refractivity contribution in [2.75, 3.05) is 24.3 Å². The van der Waals surface area contributed by atoms with Gasteiger partial charge in [0.15, 0.2) is 5.69 Å². The molecular formula is C16H19N5O3. The van der Waals surface area contributed by atoms with Crippen molar-refractivity contribution in [1.82, 2.24) is 15.5 Å². The number of nitrogens with one attached hydrogen (secondary N) is 4. The lowest BCUT2D eigenvalue weighted by Crippen LogP contribution is -2.25. The van der Waals surface area contributed by atoms with Crippen LogP contribution in [0.1, 0.15) is 28.7 Å². The molecule has 2 heterocycles. The van der Waals surface area contributed by atoms with Crippen LogP contribution < -0.4 is 20.7 Å². The molecule has 24 heavy (non-hydrogen) atoms. The Labute approximate surface area is 139 Å². The zero-order valence-electron chi connectivity index (χ0n) is 13.5. The number of aromatic amines is 1. The van der Waals surface area contributed by atoms with Crippen LogP contribution in [0.3, 0.4) is 0 Å². The Kier molecular flexibility index (Phi) is 4.48. The lowest BCUT2D eigenvalue weighted by Gasteiger charge is -2.14. The van der Waals surface area contributed by atoms with E-state index in [1.165, 1.54) is 14.0 Å². The van der Waals surface area contributed by atoms with Crippen molar-refractivity contribution in [3.8, 4) is 5.75 Å². The van der Waals surface area contributed by atoms with Crippen LogP contribution in [-0.2, 0) is 17.8 Å². The molecule has 0 aliphatic carbocycles. The van der Waals surface area contributed by atoms with Gasteiger partial charge in [-0.05, 0) is 12.1 Å². The number of benzene rings is 1. The van der Waals surface area contributed by atoms with Crippen molar-refractivity contribution >= 4 is 23.2 Å². The molecule has 0 fully saturated rings. The summed E-state index contributed by atoms with van der Waals surface area (Å²) in [5.74, 6) is -0.0139. The van der Waals surface area contributed by atoms with E-state index in [9.17, 15) is 9.59 Å². The van der Waals surface area contributed by atoms with Crippen LogP contribution in [0.25, 0.3) is 0 Å². The Hall–Kier alpha value is -2.87. The van der Waals surface area contributed by atoms with E-state index in [1.807, 2.05) is 0 Å². The number of carbonyl (C=O) groups is 2. The third-order valence-corrected chi connectivity index (χ3v) is 3.79. The molecule has 1 aromatic heterocycles. The van der Waals surface area contributed by atoms with Crippen LogP contribution in [0, 0.1) is 0 Å². The zero-order chi connectivity index (χ0) is 17.1. The summed E-state index contributed by atoms with van der Waals surface area (Å²) in [5.41, 5.74) is 3.40. The molecule has 0 saturated carbocycles. The normalized spacial score (nSPS) is 13.1. The van der Waals surface area contributed by atoms with Gasteiger partial charge >= 0.3 is 0 Å². The van der Waals surface area contributed by atoms with Gasteiger partial charge in [0, 0.05) is 49.4 Å². The second-order valence-corrected chi connectivity index (χ2v) is 5.51. The number of hydrogen-bond acceptors (Lipinski definition) is 5. The maximum absolute atomic E-state index is 12.5. The fraction of sp³-hybridized carbons (Fsp3) is 0.312. The largest absolute Gasteiger partial charge is 0.494 e. The molecule has 1 aliphatic rings. The molecule has 0 saturated heterocycles. The van der Waals surface area contributed by atoms with Crippen LogP contribution >= 0.6 is 0 Å². The minimum atomic E-state index is -0.287. The van der Waals surface area contributed by atoms with Crippen LogP contribution in [0.15, 0.2) is 18.2 Å². The predicted molar refractivity (Wildman–Crippen MR) is 89.2 cm³/mol. The lowest BCUT2D eigenvalue weighted by atomic mass is 10.1. The van der Waals surface area contributed by atoms with Crippen molar-refractivity contribution in [2.24, 2.45) is 0 Å². The number of fused-ring (bicyclic) bond motifs is 1. The van der Waals surface area contributed by atoms with Crippen LogP contribution in [-0.4, -0.2) is 35.7 Å². The van der Waals surface area contributed by atoms with E-state index in [2.05, 4.69) is 26.1 Å². The van der Waals surface area contributed by atoms with Crippen LogP contribution in [0.4, 0.5) is 11.4 Å². The summed E-state index contributed by atoms with van der Waals surface area (Å²) in [5, 5.41) is 15.8. The van der Waals surface area contributed by atoms with E-state index in [0.29, 0.717) is 29.4 Å². The summed E-state index contributed by atoms with van der Waals surface area (Å²) >= 11 is 0. The first-order valence-corrected chi connectivity index (χ1v) is 7.62. The average Bonchev–Trinajstić information content (AvgIpc) is 3.00. The fourth-order valence-electron chi connectivity index (χ4n) is 2.67. The number of ether oxygens (including phenoxy) is 1. The molecule has 4 N–H and O–H groups in total. The van der Waals surface area contributed by atoms with Gasteiger partial charge in [0.2, 0.25) is 5.91 Å². The first-order valence-electron chi connectivity index (χ1n) is 7.62. The summed E-state index contributed by atoms with van der Waals surface area (Å²) in [6.45, 7) is 2.92. The van der Waals surface area contributed by atoms with Crippen molar-refractivity contribution in [2.45, 2.75) is 19.9 Å². The van der Waals surface area contributed by atoms with Crippen molar-refractivity contribution < 1.29 is 14.3 Å². The summed E-state index contributed by atoms with van der Waals surface area (Å²) in [7, 11) is 1.50. The molecule has 0 unspecified atom stereocenters. The number of rotatable bonds is 4. The van der Waals surface area contributed by atoms with E-state index < -0.39 is 0 Å². The number of anilines is 2. The Morgan fingerprint density at radius 2 is 2.12 bits per heavy atom. The SMILES string of the molecule is COc1cc(NC(=O)c2n[nH]c3c2CNCC3)ccc1NC(C)=O.